The largest absolute Gasteiger partial charge is 0.469 e. The average molecular weight is 421 g/mol. The molecule has 2 aliphatic heterocycles. The van der Waals surface area contributed by atoms with Crippen molar-refractivity contribution < 1.29 is 13.6 Å². The molecule has 3 aromatic rings. The Balaban J connectivity index is 1.24. The van der Waals surface area contributed by atoms with Gasteiger partial charge >= 0.3 is 0 Å². The van der Waals surface area contributed by atoms with Crippen LogP contribution in [-0.2, 0) is 19.5 Å². The number of aromatic nitrogens is 1. The first-order valence-corrected chi connectivity index (χ1v) is 11.0. The molecule has 2 bridgehead atoms. The van der Waals surface area contributed by atoms with E-state index in [1.807, 2.05) is 34.9 Å². The monoisotopic (exact) mass is 421 g/mol. The van der Waals surface area contributed by atoms with Gasteiger partial charge in [0.25, 0.3) is 11.5 Å². The summed E-state index contributed by atoms with van der Waals surface area (Å²) >= 11 is 0. The third-order valence-electron chi connectivity index (χ3n) is 6.35. The summed E-state index contributed by atoms with van der Waals surface area (Å²) in [6.07, 6.45) is 5.97. The summed E-state index contributed by atoms with van der Waals surface area (Å²) in [4.78, 5) is 28.1. The Hall–Kier alpha value is -3.06. The number of fused-ring (bicyclic) bond motifs is 4. The maximum atomic E-state index is 13.1. The van der Waals surface area contributed by atoms with Crippen LogP contribution in [0.5, 0.6) is 0 Å². The van der Waals surface area contributed by atoms with Crippen LogP contribution in [0.25, 0.3) is 0 Å². The van der Waals surface area contributed by atoms with Crippen molar-refractivity contribution in [1.82, 2.24) is 14.8 Å². The number of pyridine rings is 1. The smallest absolute Gasteiger partial charge is 0.263 e. The topological polar surface area (TPSA) is 80.6 Å². The molecular formula is C24H27N3O4. The highest BCUT2D eigenvalue weighted by Gasteiger charge is 2.35. The van der Waals surface area contributed by atoms with Crippen molar-refractivity contribution in [2.45, 2.75) is 38.3 Å². The Bertz CT molecular complexity index is 1080. The number of carbonyl (C=O) groups is 1. The van der Waals surface area contributed by atoms with Crippen LogP contribution in [0.3, 0.4) is 0 Å². The second-order valence-corrected chi connectivity index (χ2v) is 8.60. The fourth-order valence-electron chi connectivity index (χ4n) is 4.98. The number of likely N-dealkylation sites (tertiary alicyclic amines) is 1. The van der Waals surface area contributed by atoms with Crippen molar-refractivity contribution in [2.75, 3.05) is 19.6 Å². The first-order chi connectivity index (χ1) is 15.2. The highest BCUT2D eigenvalue weighted by molar-refractivity contribution is 5.93. The third kappa shape index (κ3) is 4.23. The van der Waals surface area contributed by atoms with E-state index in [0.29, 0.717) is 24.9 Å². The Morgan fingerprint density at radius 3 is 2.61 bits per heavy atom. The van der Waals surface area contributed by atoms with Crippen LogP contribution in [0.4, 0.5) is 0 Å². The summed E-state index contributed by atoms with van der Waals surface area (Å²) in [5, 5.41) is 2.88. The van der Waals surface area contributed by atoms with Gasteiger partial charge in [-0.3, -0.25) is 14.5 Å². The second kappa shape index (κ2) is 8.59. The quantitative estimate of drug-likeness (QED) is 0.593. The molecule has 2 aliphatic rings. The first kappa shape index (κ1) is 19.9. The van der Waals surface area contributed by atoms with Crippen molar-refractivity contribution in [1.29, 1.82) is 0 Å². The highest BCUT2D eigenvalue weighted by atomic mass is 16.3. The number of rotatable bonds is 7. The third-order valence-corrected chi connectivity index (χ3v) is 6.35. The molecule has 1 fully saturated rings. The van der Waals surface area contributed by atoms with Crippen LogP contribution in [0.1, 0.15) is 46.3 Å². The lowest BCUT2D eigenvalue weighted by Crippen LogP contribution is -2.47. The zero-order valence-electron chi connectivity index (χ0n) is 17.5. The maximum Gasteiger partial charge on any atom is 0.263 e. The Morgan fingerprint density at radius 2 is 1.84 bits per heavy atom. The fourth-order valence-corrected chi connectivity index (χ4v) is 4.98. The lowest BCUT2D eigenvalue weighted by molar-refractivity contribution is 0.0943. The Morgan fingerprint density at radius 1 is 1.03 bits per heavy atom. The molecule has 31 heavy (non-hydrogen) atoms. The van der Waals surface area contributed by atoms with E-state index in [4.69, 9.17) is 8.83 Å². The Kier molecular flexibility index (Phi) is 5.51. The number of hydrogen-bond donors (Lipinski definition) is 1. The van der Waals surface area contributed by atoms with Crippen molar-refractivity contribution in [3.8, 4) is 0 Å². The fraction of sp³-hybridized carbons (Fsp3) is 0.417. The van der Waals surface area contributed by atoms with E-state index in [-0.39, 0.29) is 17.0 Å². The van der Waals surface area contributed by atoms with E-state index in [9.17, 15) is 9.59 Å². The van der Waals surface area contributed by atoms with Crippen LogP contribution in [0, 0.1) is 5.92 Å². The molecule has 5 heterocycles. The molecular weight excluding hydrogens is 394 g/mol. The van der Waals surface area contributed by atoms with Crippen molar-refractivity contribution in [2.24, 2.45) is 5.92 Å². The van der Waals surface area contributed by atoms with Crippen molar-refractivity contribution >= 4 is 5.91 Å². The molecule has 2 atom stereocenters. The molecule has 0 spiro atoms. The lowest BCUT2D eigenvalue weighted by Gasteiger charge is -2.42. The van der Waals surface area contributed by atoms with Crippen LogP contribution in [-0.4, -0.2) is 35.0 Å². The van der Waals surface area contributed by atoms with E-state index in [1.54, 1.807) is 18.6 Å². The zero-order chi connectivity index (χ0) is 21.2. The van der Waals surface area contributed by atoms with E-state index in [1.165, 1.54) is 0 Å². The van der Waals surface area contributed by atoms with Gasteiger partial charge in [0.05, 0.1) is 19.1 Å². The first-order valence-electron chi connectivity index (χ1n) is 11.0. The highest BCUT2D eigenvalue weighted by Crippen LogP contribution is 2.35. The summed E-state index contributed by atoms with van der Waals surface area (Å²) in [6.45, 7) is 3.80. The minimum Gasteiger partial charge on any atom is -0.469 e. The normalized spacial score (nSPS) is 20.4. The lowest BCUT2D eigenvalue weighted by atomic mass is 9.83. The summed E-state index contributed by atoms with van der Waals surface area (Å²) < 4.78 is 12.6. The summed E-state index contributed by atoms with van der Waals surface area (Å²) in [6, 6.07) is 11.4. The number of nitrogens with one attached hydrogen (secondary N) is 1. The summed E-state index contributed by atoms with van der Waals surface area (Å²) in [5.74, 6) is 2.29. The predicted octanol–water partition coefficient (Wildman–Crippen LogP) is 3.02. The van der Waals surface area contributed by atoms with Gasteiger partial charge in [0, 0.05) is 44.2 Å². The van der Waals surface area contributed by atoms with E-state index >= 15 is 0 Å². The molecule has 0 unspecified atom stereocenters. The number of carbonyl (C=O) groups excluding carboxylic acids is 1. The second-order valence-electron chi connectivity index (χ2n) is 8.60. The van der Waals surface area contributed by atoms with E-state index in [0.717, 1.165) is 56.1 Å². The molecule has 0 radical (unpaired) electrons. The van der Waals surface area contributed by atoms with Gasteiger partial charge < -0.3 is 18.7 Å². The number of nitrogens with zero attached hydrogens (tertiary/aromatic N) is 2. The molecule has 0 saturated carbocycles. The van der Waals surface area contributed by atoms with Gasteiger partial charge in [0.15, 0.2) is 0 Å². The van der Waals surface area contributed by atoms with Crippen LogP contribution < -0.4 is 10.9 Å². The van der Waals surface area contributed by atoms with Gasteiger partial charge in [-0.1, -0.05) is 0 Å². The van der Waals surface area contributed by atoms with Crippen LogP contribution in [0.15, 0.2) is 62.6 Å². The molecule has 0 aromatic carbocycles. The van der Waals surface area contributed by atoms with Gasteiger partial charge in [-0.05, 0) is 55.2 Å². The number of amides is 1. The summed E-state index contributed by atoms with van der Waals surface area (Å²) in [5.41, 5.74) is 1.10. The molecule has 7 heteroatoms. The predicted molar refractivity (Wildman–Crippen MR) is 115 cm³/mol. The number of piperidine rings is 1. The van der Waals surface area contributed by atoms with Gasteiger partial charge in [-0.15, -0.1) is 0 Å². The SMILES string of the molecule is O=C(NCCCc1ccco1)c1ccc2n(c1=O)C[C@H]1C[C@@H]2CN(Cc2ccco2)C1. The number of hydrogen-bond acceptors (Lipinski definition) is 5. The molecule has 1 amide bonds. The van der Waals surface area contributed by atoms with Gasteiger partial charge in [0.2, 0.25) is 0 Å². The summed E-state index contributed by atoms with van der Waals surface area (Å²) in [7, 11) is 0. The molecule has 1 saturated heterocycles. The average Bonchev–Trinajstić information content (AvgIpc) is 3.46. The van der Waals surface area contributed by atoms with Gasteiger partial charge in [-0.25, -0.2) is 0 Å². The molecule has 5 rings (SSSR count). The maximum absolute atomic E-state index is 13.1. The van der Waals surface area contributed by atoms with Crippen LogP contribution in [0.2, 0.25) is 0 Å². The molecule has 7 nitrogen and oxygen atoms in total. The minimum atomic E-state index is -0.296. The number of furan rings is 2. The zero-order valence-corrected chi connectivity index (χ0v) is 17.5. The van der Waals surface area contributed by atoms with E-state index in [2.05, 4.69) is 10.2 Å². The van der Waals surface area contributed by atoms with E-state index < -0.39 is 0 Å². The molecule has 162 valence electrons. The van der Waals surface area contributed by atoms with Crippen molar-refractivity contribution in [3.63, 3.8) is 0 Å². The van der Waals surface area contributed by atoms with Crippen molar-refractivity contribution in [3.05, 3.63) is 82.1 Å². The standard InChI is InChI=1S/C24H27N3O4/c28-23(25-9-1-4-19-5-2-10-30-19)21-7-8-22-18-12-17(14-27(22)24(21)29)13-26(15-18)16-20-6-3-11-31-20/h2-3,5-8,10-11,17-18H,1,4,9,12-16H2,(H,25,28)/t17-,18+/m0/s1. The van der Waals surface area contributed by atoms with Gasteiger partial charge in [-0.2, -0.15) is 0 Å². The molecule has 3 aromatic heterocycles. The number of aryl methyl sites for hydroxylation is 1. The molecule has 0 aliphatic carbocycles. The van der Waals surface area contributed by atoms with Gasteiger partial charge in [0.1, 0.15) is 17.1 Å². The molecule has 1 N–H and O–H groups in total. The Labute approximate surface area is 180 Å². The minimum absolute atomic E-state index is 0.171. The van der Waals surface area contributed by atoms with Crippen LogP contribution >= 0.6 is 0 Å².